The highest BCUT2D eigenvalue weighted by Crippen LogP contribution is 2.32. The normalized spacial score (nSPS) is 13.7. The lowest BCUT2D eigenvalue weighted by molar-refractivity contribution is 0.606. The van der Waals surface area contributed by atoms with Crippen LogP contribution in [0.4, 0.5) is 15.8 Å². The van der Waals surface area contributed by atoms with Gasteiger partial charge in [0.15, 0.2) is 0 Å². The predicted molar refractivity (Wildman–Crippen MR) is 77.0 cm³/mol. The third-order valence-electron chi connectivity index (χ3n) is 3.51. The van der Waals surface area contributed by atoms with E-state index in [1.165, 1.54) is 11.6 Å². The largest absolute Gasteiger partial charge is 0.399 e. The molecule has 0 aromatic heterocycles. The van der Waals surface area contributed by atoms with Gasteiger partial charge in [0.1, 0.15) is 5.82 Å². The molecular weight excluding hydrogens is 263 g/mol. The molecule has 0 aliphatic carbocycles. The summed E-state index contributed by atoms with van der Waals surface area (Å²) in [4.78, 5) is 2.14. The zero-order chi connectivity index (χ0) is 13.4. The summed E-state index contributed by atoms with van der Waals surface area (Å²) < 4.78 is 13.8. The number of benzene rings is 2. The standard InChI is InChI=1S/C15H14ClFN2/c16-13-2-1-3-14(17)12(13)9-19-7-6-10-8-11(18)4-5-15(10)19/h1-5,8H,6-7,9,18H2. The molecule has 0 saturated carbocycles. The van der Waals surface area contributed by atoms with Gasteiger partial charge in [0, 0.05) is 35.1 Å². The van der Waals surface area contributed by atoms with Gasteiger partial charge in [-0.05, 0) is 42.3 Å². The van der Waals surface area contributed by atoms with Gasteiger partial charge in [0.25, 0.3) is 0 Å². The van der Waals surface area contributed by atoms with Crippen molar-refractivity contribution in [1.29, 1.82) is 0 Å². The van der Waals surface area contributed by atoms with Crippen LogP contribution in [0.1, 0.15) is 11.1 Å². The molecule has 0 amide bonds. The Morgan fingerprint density at radius 3 is 2.89 bits per heavy atom. The van der Waals surface area contributed by atoms with Crippen LogP contribution in [0.25, 0.3) is 0 Å². The van der Waals surface area contributed by atoms with E-state index < -0.39 is 0 Å². The van der Waals surface area contributed by atoms with Crippen molar-refractivity contribution in [3.8, 4) is 0 Å². The highest BCUT2D eigenvalue weighted by molar-refractivity contribution is 6.31. The fraction of sp³-hybridized carbons (Fsp3) is 0.200. The molecule has 0 atom stereocenters. The summed E-state index contributed by atoms with van der Waals surface area (Å²) in [5.74, 6) is -0.253. The van der Waals surface area contributed by atoms with Crippen molar-refractivity contribution in [2.75, 3.05) is 17.2 Å². The summed E-state index contributed by atoms with van der Waals surface area (Å²) in [7, 11) is 0. The molecule has 1 heterocycles. The van der Waals surface area contributed by atoms with Gasteiger partial charge in [-0.15, -0.1) is 0 Å². The third-order valence-corrected chi connectivity index (χ3v) is 3.86. The van der Waals surface area contributed by atoms with Crippen molar-refractivity contribution in [2.45, 2.75) is 13.0 Å². The van der Waals surface area contributed by atoms with E-state index in [9.17, 15) is 4.39 Å². The Morgan fingerprint density at radius 2 is 2.11 bits per heavy atom. The fourth-order valence-corrected chi connectivity index (χ4v) is 2.75. The van der Waals surface area contributed by atoms with Crippen LogP contribution in [0.2, 0.25) is 5.02 Å². The summed E-state index contributed by atoms with van der Waals surface area (Å²) in [6.45, 7) is 1.35. The monoisotopic (exact) mass is 276 g/mol. The first-order valence-electron chi connectivity index (χ1n) is 6.21. The molecule has 4 heteroatoms. The minimum Gasteiger partial charge on any atom is -0.399 e. The van der Waals surface area contributed by atoms with Gasteiger partial charge < -0.3 is 10.6 Å². The Morgan fingerprint density at radius 1 is 1.26 bits per heavy atom. The molecule has 0 unspecified atom stereocenters. The maximum absolute atomic E-state index is 13.8. The van der Waals surface area contributed by atoms with E-state index in [1.54, 1.807) is 12.1 Å². The molecule has 0 saturated heterocycles. The van der Waals surface area contributed by atoms with Gasteiger partial charge in [-0.3, -0.25) is 0 Å². The number of nitrogen functional groups attached to an aromatic ring is 1. The lowest BCUT2D eigenvalue weighted by Crippen LogP contribution is -2.20. The highest BCUT2D eigenvalue weighted by Gasteiger charge is 2.21. The maximum Gasteiger partial charge on any atom is 0.129 e. The number of hydrogen-bond donors (Lipinski definition) is 1. The van der Waals surface area contributed by atoms with Crippen molar-refractivity contribution < 1.29 is 4.39 Å². The summed E-state index contributed by atoms with van der Waals surface area (Å²) >= 11 is 6.07. The smallest absolute Gasteiger partial charge is 0.129 e. The van der Waals surface area contributed by atoms with Crippen LogP contribution in [-0.2, 0) is 13.0 Å². The minimum absolute atomic E-state index is 0.253. The first-order valence-corrected chi connectivity index (χ1v) is 6.59. The van der Waals surface area contributed by atoms with Gasteiger partial charge >= 0.3 is 0 Å². The van der Waals surface area contributed by atoms with Crippen LogP contribution in [0.15, 0.2) is 36.4 Å². The average Bonchev–Trinajstić information content (AvgIpc) is 2.76. The van der Waals surface area contributed by atoms with E-state index in [-0.39, 0.29) is 5.82 Å². The molecule has 3 rings (SSSR count). The van der Waals surface area contributed by atoms with Crippen LogP contribution >= 0.6 is 11.6 Å². The lowest BCUT2D eigenvalue weighted by atomic mass is 10.1. The molecule has 2 aromatic rings. The molecule has 19 heavy (non-hydrogen) atoms. The fourth-order valence-electron chi connectivity index (χ4n) is 2.53. The van der Waals surface area contributed by atoms with E-state index in [4.69, 9.17) is 17.3 Å². The second kappa shape index (κ2) is 4.74. The summed E-state index contributed by atoms with van der Waals surface area (Å²) in [5.41, 5.74) is 9.43. The second-order valence-corrected chi connectivity index (χ2v) is 5.17. The van der Waals surface area contributed by atoms with E-state index in [0.717, 1.165) is 24.3 Å². The molecule has 1 aliphatic heterocycles. The zero-order valence-corrected chi connectivity index (χ0v) is 11.1. The summed E-state index contributed by atoms with van der Waals surface area (Å²) in [5, 5.41) is 0.476. The van der Waals surface area contributed by atoms with Crippen molar-refractivity contribution in [3.05, 3.63) is 58.4 Å². The lowest BCUT2D eigenvalue weighted by Gasteiger charge is -2.20. The number of nitrogens with two attached hydrogens (primary N) is 1. The van der Waals surface area contributed by atoms with E-state index in [1.807, 2.05) is 18.2 Å². The van der Waals surface area contributed by atoms with E-state index in [2.05, 4.69) is 4.90 Å². The van der Waals surface area contributed by atoms with Gasteiger partial charge in [0.05, 0.1) is 0 Å². The maximum atomic E-state index is 13.8. The van der Waals surface area contributed by atoms with Gasteiger partial charge in [-0.1, -0.05) is 17.7 Å². The molecule has 0 fully saturated rings. The molecule has 0 spiro atoms. The average molecular weight is 277 g/mol. The number of hydrogen-bond acceptors (Lipinski definition) is 2. The Hall–Kier alpha value is -1.74. The van der Waals surface area contributed by atoms with Gasteiger partial charge in [-0.2, -0.15) is 0 Å². The first-order chi connectivity index (χ1) is 9.15. The van der Waals surface area contributed by atoms with Crippen molar-refractivity contribution in [2.24, 2.45) is 0 Å². The van der Waals surface area contributed by atoms with Crippen LogP contribution in [-0.4, -0.2) is 6.54 Å². The molecule has 2 nitrogen and oxygen atoms in total. The Labute approximate surface area is 116 Å². The number of halogens is 2. The molecular formula is C15H14ClFN2. The number of nitrogens with zero attached hydrogens (tertiary/aromatic N) is 1. The van der Waals surface area contributed by atoms with Crippen LogP contribution in [0.3, 0.4) is 0 Å². The van der Waals surface area contributed by atoms with E-state index in [0.29, 0.717) is 17.1 Å². The Balaban J connectivity index is 1.91. The molecule has 0 bridgehead atoms. The molecule has 2 aromatic carbocycles. The number of anilines is 2. The SMILES string of the molecule is Nc1ccc2c(c1)CCN2Cc1c(F)cccc1Cl. The molecule has 0 radical (unpaired) electrons. The minimum atomic E-state index is -0.253. The number of rotatable bonds is 2. The van der Waals surface area contributed by atoms with Crippen LogP contribution in [0.5, 0.6) is 0 Å². The Bertz CT molecular complexity index is 607. The van der Waals surface area contributed by atoms with Crippen molar-refractivity contribution in [3.63, 3.8) is 0 Å². The second-order valence-electron chi connectivity index (χ2n) is 4.76. The van der Waals surface area contributed by atoms with Crippen LogP contribution < -0.4 is 10.6 Å². The summed E-state index contributed by atoms with van der Waals surface area (Å²) in [6, 6.07) is 10.6. The Kier molecular flexibility index (Phi) is 3.07. The first kappa shape index (κ1) is 12.3. The topological polar surface area (TPSA) is 29.3 Å². The van der Waals surface area contributed by atoms with Crippen molar-refractivity contribution >= 4 is 23.0 Å². The molecule has 2 N–H and O–H groups in total. The quantitative estimate of drug-likeness (QED) is 0.849. The van der Waals surface area contributed by atoms with Gasteiger partial charge in [-0.25, -0.2) is 4.39 Å². The van der Waals surface area contributed by atoms with Crippen LogP contribution in [0, 0.1) is 5.82 Å². The summed E-state index contributed by atoms with van der Waals surface area (Å²) in [6.07, 6.45) is 0.937. The predicted octanol–water partition coefficient (Wildman–Crippen LogP) is 3.62. The van der Waals surface area contributed by atoms with E-state index >= 15 is 0 Å². The van der Waals surface area contributed by atoms with Gasteiger partial charge in [0.2, 0.25) is 0 Å². The number of fused-ring (bicyclic) bond motifs is 1. The zero-order valence-electron chi connectivity index (χ0n) is 10.4. The molecule has 1 aliphatic rings. The third kappa shape index (κ3) is 2.26. The molecule has 98 valence electrons. The van der Waals surface area contributed by atoms with Crippen molar-refractivity contribution in [1.82, 2.24) is 0 Å². The highest BCUT2D eigenvalue weighted by atomic mass is 35.5.